The molecule has 0 unspecified atom stereocenters. The maximum Gasteiger partial charge on any atom is 0.268 e. The smallest absolute Gasteiger partial charge is 0.268 e. The largest absolute Gasteiger partial charge is 0.496 e. The van der Waals surface area contributed by atoms with E-state index in [4.69, 9.17) is 4.74 Å². The summed E-state index contributed by atoms with van der Waals surface area (Å²) >= 11 is 1.31. The number of hydrogen-bond acceptors (Lipinski definition) is 4. The Morgan fingerprint density at radius 2 is 1.96 bits per heavy atom. The Hall–Kier alpha value is -2.14. The number of aromatic nitrogens is 1. The van der Waals surface area contributed by atoms with Gasteiger partial charge < -0.3 is 9.30 Å². The minimum Gasteiger partial charge on any atom is -0.496 e. The molecule has 0 atom stereocenters. The average molecular weight is 345 g/mol. The molecule has 1 aromatic heterocycles. The van der Waals surface area contributed by atoms with Crippen molar-refractivity contribution in [2.75, 3.05) is 7.11 Å². The van der Waals surface area contributed by atoms with E-state index in [0.29, 0.717) is 14.9 Å². The lowest BCUT2D eigenvalue weighted by Crippen LogP contribution is -2.30. The molecule has 24 heavy (non-hydrogen) atoms. The van der Waals surface area contributed by atoms with Gasteiger partial charge in [-0.15, -0.1) is 11.3 Å². The molecule has 0 spiro atoms. The molecule has 1 heterocycles. The number of benzene rings is 1. The summed E-state index contributed by atoms with van der Waals surface area (Å²) in [7, 11) is 3.29. The molecule has 0 aliphatic rings. The zero-order chi connectivity index (χ0) is 18.1. The highest BCUT2D eigenvalue weighted by Gasteiger charge is 2.19. The van der Waals surface area contributed by atoms with E-state index in [1.165, 1.54) is 15.9 Å². The van der Waals surface area contributed by atoms with Gasteiger partial charge in [0.05, 0.1) is 11.6 Å². The Labute approximate surface area is 145 Å². The maximum atomic E-state index is 12.5. The molecule has 0 bridgehead atoms. The summed E-state index contributed by atoms with van der Waals surface area (Å²) in [5.74, 6) is 0.714. The minimum atomic E-state index is -0.469. The molecule has 4 nitrogen and oxygen atoms in total. The van der Waals surface area contributed by atoms with Crippen LogP contribution in [-0.4, -0.2) is 17.5 Å². The summed E-state index contributed by atoms with van der Waals surface area (Å²) < 4.78 is 8.11. The number of ether oxygens (including phenoxy) is 1. The van der Waals surface area contributed by atoms with Crippen LogP contribution in [0.4, 0.5) is 0 Å². The summed E-state index contributed by atoms with van der Waals surface area (Å²) in [5.41, 5.74) is 1.36. The topological polar surface area (TPSA) is 48.3 Å². The Morgan fingerprint density at radius 3 is 2.54 bits per heavy atom. The number of rotatable bonds is 3. The lowest BCUT2D eigenvalue weighted by molar-refractivity contribution is -0.120. The molecule has 0 radical (unpaired) electrons. The predicted molar refractivity (Wildman–Crippen MR) is 99.0 cm³/mol. The van der Waals surface area contributed by atoms with Crippen molar-refractivity contribution in [3.8, 4) is 5.75 Å². The van der Waals surface area contributed by atoms with E-state index in [2.05, 4.69) is 0 Å². The van der Waals surface area contributed by atoms with E-state index in [0.717, 1.165) is 11.1 Å². The third-order valence-electron chi connectivity index (χ3n) is 3.73. The van der Waals surface area contributed by atoms with Crippen molar-refractivity contribution >= 4 is 29.3 Å². The van der Waals surface area contributed by atoms with Crippen LogP contribution in [0.1, 0.15) is 31.9 Å². The number of carbonyl (C=O) groups is 1. The molecule has 5 heteroatoms. The zero-order valence-electron chi connectivity index (χ0n) is 15.0. The van der Waals surface area contributed by atoms with Gasteiger partial charge in [-0.2, -0.15) is 0 Å². The fraction of sp³-hybridized carbons (Fsp3) is 0.368. The molecule has 0 saturated heterocycles. The van der Waals surface area contributed by atoms with Crippen LogP contribution in [-0.2, 0) is 11.8 Å². The van der Waals surface area contributed by atoms with Crippen molar-refractivity contribution in [1.82, 2.24) is 4.57 Å². The molecular formula is C19H23NO3S. The second-order valence-electron chi connectivity index (χ2n) is 6.82. The molecular weight excluding hydrogens is 322 g/mol. The van der Waals surface area contributed by atoms with E-state index in [-0.39, 0.29) is 11.3 Å². The van der Waals surface area contributed by atoms with E-state index in [9.17, 15) is 9.59 Å². The van der Waals surface area contributed by atoms with Crippen molar-refractivity contribution in [1.29, 1.82) is 0 Å². The third-order valence-corrected chi connectivity index (χ3v) is 4.84. The van der Waals surface area contributed by atoms with Gasteiger partial charge in [-0.1, -0.05) is 32.4 Å². The molecule has 2 aromatic rings. The lowest BCUT2D eigenvalue weighted by Gasteiger charge is -2.12. The first kappa shape index (κ1) is 18.2. The first-order valence-electron chi connectivity index (χ1n) is 7.72. The van der Waals surface area contributed by atoms with Gasteiger partial charge in [0.2, 0.25) is 0 Å². The van der Waals surface area contributed by atoms with Crippen LogP contribution < -0.4 is 19.5 Å². The number of thiazole rings is 1. The van der Waals surface area contributed by atoms with Gasteiger partial charge in [0, 0.05) is 24.1 Å². The number of carbonyl (C=O) groups excluding carboxylic acids is 1. The molecule has 128 valence electrons. The van der Waals surface area contributed by atoms with E-state index < -0.39 is 5.41 Å². The first-order chi connectivity index (χ1) is 11.1. The van der Waals surface area contributed by atoms with Crippen LogP contribution in [0.15, 0.2) is 23.0 Å². The lowest BCUT2D eigenvalue weighted by atomic mass is 9.91. The quantitative estimate of drug-likeness (QED) is 0.855. The van der Waals surface area contributed by atoms with Gasteiger partial charge in [0.15, 0.2) is 5.78 Å². The van der Waals surface area contributed by atoms with Gasteiger partial charge in [-0.3, -0.25) is 9.59 Å². The van der Waals surface area contributed by atoms with Crippen molar-refractivity contribution in [2.45, 2.75) is 27.7 Å². The van der Waals surface area contributed by atoms with Crippen molar-refractivity contribution in [3.63, 3.8) is 0 Å². The maximum absolute atomic E-state index is 12.5. The highest BCUT2D eigenvalue weighted by Crippen LogP contribution is 2.20. The second kappa shape index (κ2) is 6.77. The van der Waals surface area contributed by atoms with Crippen LogP contribution >= 0.6 is 11.3 Å². The summed E-state index contributed by atoms with van der Waals surface area (Å²) in [6.45, 7) is 7.58. The van der Waals surface area contributed by atoms with Crippen molar-refractivity contribution in [3.05, 3.63) is 48.9 Å². The first-order valence-corrected chi connectivity index (χ1v) is 8.53. The number of Topliss-reactive ketones (excluding diaryl/α,β-unsaturated/α-hetero) is 1. The number of nitrogens with zero attached hydrogens (tertiary/aromatic N) is 1. The minimum absolute atomic E-state index is 0.000892. The van der Waals surface area contributed by atoms with Crippen LogP contribution in [0, 0.1) is 12.3 Å². The highest BCUT2D eigenvalue weighted by molar-refractivity contribution is 7.07. The monoisotopic (exact) mass is 345 g/mol. The van der Waals surface area contributed by atoms with E-state index in [1.807, 2.05) is 52.0 Å². The predicted octanol–water partition coefficient (Wildman–Crippen LogP) is 1.99. The van der Waals surface area contributed by atoms with Crippen LogP contribution in [0.2, 0.25) is 0 Å². The standard InChI is InChI=1S/C19H23NO3S/c1-12-7-8-14(23-6)13(9-12)10-15-18(22)20(5)17(24-15)11-16(21)19(2,3)4/h7-11H,1-6H3/b15-10-,17-11-. The van der Waals surface area contributed by atoms with Gasteiger partial charge >= 0.3 is 0 Å². The summed E-state index contributed by atoms with van der Waals surface area (Å²) in [4.78, 5) is 24.7. The normalized spacial score (nSPS) is 13.4. The zero-order valence-corrected chi connectivity index (χ0v) is 15.8. The molecule has 0 aliphatic heterocycles. The SMILES string of the molecule is COc1ccc(C)cc1/C=c1\s/c(=C\C(=O)C(C)(C)C)n(C)c1=O. The Balaban J connectivity index is 2.65. The molecule has 1 aromatic carbocycles. The van der Waals surface area contributed by atoms with Crippen LogP contribution in [0.25, 0.3) is 12.2 Å². The number of methoxy groups -OCH3 is 1. The van der Waals surface area contributed by atoms with Crippen LogP contribution in [0.5, 0.6) is 5.75 Å². The average Bonchev–Trinajstić information content (AvgIpc) is 2.75. The number of ketones is 1. The Morgan fingerprint density at radius 1 is 1.29 bits per heavy atom. The van der Waals surface area contributed by atoms with Gasteiger partial charge in [-0.25, -0.2) is 0 Å². The number of hydrogen-bond donors (Lipinski definition) is 0. The van der Waals surface area contributed by atoms with Gasteiger partial charge in [0.25, 0.3) is 5.56 Å². The molecule has 2 rings (SSSR count). The van der Waals surface area contributed by atoms with E-state index in [1.54, 1.807) is 20.2 Å². The summed E-state index contributed by atoms with van der Waals surface area (Å²) in [6, 6.07) is 5.82. The molecule has 0 saturated carbocycles. The molecule has 0 fully saturated rings. The highest BCUT2D eigenvalue weighted by atomic mass is 32.1. The van der Waals surface area contributed by atoms with Crippen LogP contribution in [0.3, 0.4) is 0 Å². The fourth-order valence-corrected chi connectivity index (χ4v) is 3.17. The molecule has 0 N–H and O–H groups in total. The Bertz CT molecular complexity index is 942. The third kappa shape index (κ3) is 3.85. The van der Waals surface area contributed by atoms with Crippen molar-refractivity contribution in [2.24, 2.45) is 12.5 Å². The molecule has 0 aliphatic carbocycles. The van der Waals surface area contributed by atoms with Gasteiger partial charge in [-0.05, 0) is 25.1 Å². The number of aryl methyl sites for hydroxylation is 1. The second-order valence-corrected chi connectivity index (χ2v) is 7.88. The summed E-state index contributed by atoms with van der Waals surface area (Å²) in [6.07, 6.45) is 3.37. The van der Waals surface area contributed by atoms with E-state index >= 15 is 0 Å². The molecule has 0 amide bonds. The summed E-state index contributed by atoms with van der Waals surface area (Å²) in [5, 5.41) is 0. The van der Waals surface area contributed by atoms with Crippen molar-refractivity contribution < 1.29 is 9.53 Å². The van der Waals surface area contributed by atoms with Gasteiger partial charge in [0.1, 0.15) is 10.4 Å². The fourth-order valence-electron chi connectivity index (χ4n) is 2.14. The Kier molecular flexibility index (Phi) is 5.13.